The van der Waals surface area contributed by atoms with Crippen LogP contribution in [0.5, 0.6) is 6.01 Å². The van der Waals surface area contributed by atoms with Crippen LogP contribution in [0.15, 0.2) is 17.1 Å². The summed E-state index contributed by atoms with van der Waals surface area (Å²) < 4.78 is 18.3. The third-order valence-electron chi connectivity index (χ3n) is 2.97. The molecule has 16 heavy (non-hydrogen) atoms. The number of nitrogens with zero attached hydrogens (tertiary/aromatic N) is 2. The van der Waals surface area contributed by atoms with E-state index in [1.807, 2.05) is 0 Å². The van der Waals surface area contributed by atoms with E-state index < -0.39 is 0 Å². The van der Waals surface area contributed by atoms with Crippen LogP contribution in [0.1, 0.15) is 12.6 Å². The number of fused-ring (bicyclic) bond motifs is 4. The number of aromatic nitrogens is 2. The smallest absolute Gasteiger partial charge is 0.301 e. The fourth-order valence-corrected chi connectivity index (χ4v) is 2.15. The third-order valence-corrected chi connectivity index (χ3v) is 2.97. The van der Waals surface area contributed by atoms with Gasteiger partial charge in [-0.15, -0.1) is 0 Å². The quantitative estimate of drug-likeness (QED) is 0.668. The van der Waals surface area contributed by atoms with Crippen molar-refractivity contribution in [2.75, 3.05) is 13.7 Å². The van der Waals surface area contributed by atoms with Gasteiger partial charge < -0.3 is 14.2 Å². The first-order valence-electron chi connectivity index (χ1n) is 5.18. The lowest BCUT2D eigenvalue weighted by Crippen LogP contribution is -2.30. The van der Waals surface area contributed by atoms with Gasteiger partial charge in [-0.3, -0.25) is 9.36 Å². The Hall–Kier alpha value is -1.40. The van der Waals surface area contributed by atoms with Crippen molar-refractivity contribution in [3.05, 3.63) is 22.6 Å². The van der Waals surface area contributed by atoms with Crippen LogP contribution in [0.4, 0.5) is 0 Å². The number of hydrogen-bond acceptors (Lipinski definition) is 5. The van der Waals surface area contributed by atoms with E-state index >= 15 is 0 Å². The van der Waals surface area contributed by atoms with Crippen molar-refractivity contribution in [1.82, 2.24) is 9.55 Å². The highest BCUT2D eigenvalue weighted by atomic mass is 16.6. The van der Waals surface area contributed by atoms with Crippen molar-refractivity contribution >= 4 is 0 Å². The average molecular weight is 224 g/mol. The molecule has 1 fully saturated rings. The maximum absolute atomic E-state index is 11.1. The molecule has 3 atom stereocenters. The van der Waals surface area contributed by atoms with Gasteiger partial charge >= 0.3 is 6.01 Å². The predicted molar refractivity (Wildman–Crippen MR) is 53.3 cm³/mol. The summed E-state index contributed by atoms with van der Waals surface area (Å²) in [5.74, 6) is 0. The minimum absolute atomic E-state index is 0.0394. The van der Waals surface area contributed by atoms with Gasteiger partial charge in [-0.05, 0) is 0 Å². The molecule has 0 amide bonds. The molecule has 1 saturated heterocycles. The summed E-state index contributed by atoms with van der Waals surface area (Å²) in [6.45, 7) is 0.367. The summed E-state index contributed by atoms with van der Waals surface area (Å²) in [6.07, 6.45) is 2.20. The van der Waals surface area contributed by atoms with Gasteiger partial charge in [-0.2, -0.15) is 4.98 Å². The zero-order valence-corrected chi connectivity index (χ0v) is 8.83. The second-order valence-corrected chi connectivity index (χ2v) is 3.91. The first-order valence-corrected chi connectivity index (χ1v) is 5.18. The Kier molecular flexibility index (Phi) is 2.19. The van der Waals surface area contributed by atoms with Crippen LogP contribution in [0.25, 0.3) is 0 Å². The molecule has 1 aromatic heterocycles. The van der Waals surface area contributed by atoms with Crippen molar-refractivity contribution in [2.24, 2.45) is 0 Å². The van der Waals surface area contributed by atoms with Gasteiger partial charge in [0.25, 0.3) is 5.56 Å². The molecule has 2 aliphatic rings. The molecular formula is C10H12N2O4. The van der Waals surface area contributed by atoms with Crippen LogP contribution in [0.2, 0.25) is 0 Å². The number of ether oxygens (including phenoxy) is 3. The molecule has 0 aliphatic carbocycles. The topological polar surface area (TPSA) is 62.6 Å². The van der Waals surface area contributed by atoms with E-state index in [4.69, 9.17) is 14.2 Å². The summed E-state index contributed by atoms with van der Waals surface area (Å²) in [6, 6.07) is 1.73. The lowest BCUT2D eigenvalue weighted by Gasteiger charge is -2.18. The maximum Gasteiger partial charge on any atom is 0.301 e. The standard InChI is InChI=1S/C10H12N2O4/c1-14-6-4-9-12-3-2-8(13)11-10(12)15-5-7(6)16-9/h2-3,6-7,9H,4-5H2,1H3. The fraction of sp³-hybridized carbons (Fsp3) is 0.600. The highest BCUT2D eigenvalue weighted by Gasteiger charge is 2.40. The Morgan fingerprint density at radius 3 is 3.31 bits per heavy atom. The second kappa shape index (κ2) is 3.57. The summed E-state index contributed by atoms with van der Waals surface area (Å²) in [4.78, 5) is 14.9. The van der Waals surface area contributed by atoms with Crippen LogP contribution in [-0.2, 0) is 9.47 Å². The Bertz CT molecular complexity index is 458. The molecule has 1 aromatic rings. The van der Waals surface area contributed by atoms with Gasteiger partial charge in [0, 0.05) is 25.8 Å². The SMILES string of the molecule is COC1CC2OC1COc1nc(=O)ccn12. The van der Waals surface area contributed by atoms with E-state index in [9.17, 15) is 4.79 Å². The highest BCUT2D eigenvalue weighted by molar-refractivity contribution is 5.04. The molecule has 86 valence electrons. The molecular weight excluding hydrogens is 212 g/mol. The van der Waals surface area contributed by atoms with Crippen molar-refractivity contribution < 1.29 is 14.2 Å². The van der Waals surface area contributed by atoms with Crippen LogP contribution < -0.4 is 10.3 Å². The summed E-state index contributed by atoms with van der Waals surface area (Å²) >= 11 is 0. The van der Waals surface area contributed by atoms with Crippen molar-refractivity contribution in [3.63, 3.8) is 0 Å². The molecule has 0 spiro atoms. The van der Waals surface area contributed by atoms with Gasteiger partial charge in [-0.25, -0.2) is 0 Å². The van der Waals surface area contributed by atoms with E-state index in [1.54, 1.807) is 17.9 Å². The molecule has 2 bridgehead atoms. The summed E-state index contributed by atoms with van der Waals surface area (Å²) in [5, 5.41) is 0. The number of rotatable bonds is 1. The first kappa shape index (κ1) is 9.80. The van der Waals surface area contributed by atoms with E-state index in [1.165, 1.54) is 6.07 Å². The lowest BCUT2D eigenvalue weighted by molar-refractivity contribution is -0.0308. The predicted octanol–water partition coefficient (Wildman–Crippen LogP) is -0.0618. The Morgan fingerprint density at radius 2 is 2.50 bits per heavy atom. The maximum atomic E-state index is 11.1. The normalized spacial score (nSPS) is 31.7. The van der Waals surface area contributed by atoms with Crippen molar-refractivity contribution in [2.45, 2.75) is 24.9 Å². The van der Waals surface area contributed by atoms with E-state index in [0.717, 1.165) is 6.42 Å². The minimum atomic E-state index is -0.299. The van der Waals surface area contributed by atoms with Crippen molar-refractivity contribution in [3.8, 4) is 6.01 Å². The molecule has 0 N–H and O–H groups in total. The van der Waals surface area contributed by atoms with E-state index in [-0.39, 0.29) is 24.0 Å². The molecule has 3 rings (SSSR count). The minimum Gasteiger partial charge on any atom is -0.462 e. The molecule has 3 unspecified atom stereocenters. The van der Waals surface area contributed by atoms with Crippen LogP contribution in [0, 0.1) is 0 Å². The highest BCUT2D eigenvalue weighted by Crippen LogP contribution is 2.34. The van der Waals surface area contributed by atoms with Gasteiger partial charge in [-0.1, -0.05) is 0 Å². The zero-order valence-electron chi connectivity index (χ0n) is 8.83. The fourth-order valence-electron chi connectivity index (χ4n) is 2.15. The van der Waals surface area contributed by atoms with Gasteiger partial charge in [0.15, 0.2) is 0 Å². The largest absolute Gasteiger partial charge is 0.462 e. The monoisotopic (exact) mass is 224 g/mol. The molecule has 0 aromatic carbocycles. The third kappa shape index (κ3) is 1.42. The zero-order chi connectivity index (χ0) is 11.1. The lowest BCUT2D eigenvalue weighted by atomic mass is 10.2. The van der Waals surface area contributed by atoms with Crippen LogP contribution in [-0.4, -0.2) is 35.5 Å². The summed E-state index contributed by atoms with van der Waals surface area (Å²) in [7, 11) is 1.66. The van der Waals surface area contributed by atoms with E-state index in [0.29, 0.717) is 12.6 Å². The molecule has 3 heterocycles. The molecule has 0 saturated carbocycles. The van der Waals surface area contributed by atoms with Gasteiger partial charge in [0.1, 0.15) is 18.9 Å². The van der Waals surface area contributed by atoms with Crippen molar-refractivity contribution in [1.29, 1.82) is 0 Å². The molecule has 6 nitrogen and oxygen atoms in total. The van der Waals surface area contributed by atoms with Crippen LogP contribution >= 0.6 is 0 Å². The molecule has 0 radical (unpaired) electrons. The van der Waals surface area contributed by atoms with Crippen LogP contribution in [0.3, 0.4) is 0 Å². The van der Waals surface area contributed by atoms with E-state index in [2.05, 4.69) is 4.98 Å². The summed E-state index contributed by atoms with van der Waals surface area (Å²) in [5.41, 5.74) is -0.299. The Balaban J connectivity index is 2.00. The number of methoxy groups -OCH3 is 1. The first-order chi connectivity index (χ1) is 7.78. The Labute approximate surface area is 91.8 Å². The Morgan fingerprint density at radius 1 is 1.62 bits per heavy atom. The molecule has 6 heteroatoms. The average Bonchev–Trinajstić information content (AvgIpc) is 2.60. The van der Waals surface area contributed by atoms with Gasteiger partial charge in [0.2, 0.25) is 0 Å². The second-order valence-electron chi connectivity index (χ2n) is 3.91. The number of hydrogen-bond donors (Lipinski definition) is 0. The molecule has 2 aliphatic heterocycles. The van der Waals surface area contributed by atoms with Gasteiger partial charge in [0.05, 0.1) is 6.10 Å².